The zero-order valence-corrected chi connectivity index (χ0v) is 16.2. The van der Waals surface area contributed by atoms with E-state index in [0.717, 1.165) is 49.0 Å². The number of aromatic nitrogens is 2. The molecule has 0 spiro atoms. The summed E-state index contributed by atoms with van der Waals surface area (Å²) >= 11 is 1.65. The van der Waals surface area contributed by atoms with Crippen molar-refractivity contribution in [2.45, 2.75) is 42.7 Å². The van der Waals surface area contributed by atoms with Crippen molar-refractivity contribution in [2.24, 2.45) is 11.8 Å². The maximum atomic E-state index is 10.9. The molecule has 2 aliphatic rings. The van der Waals surface area contributed by atoms with Gasteiger partial charge in [-0.15, -0.1) is 0 Å². The molecular formula is C20H24N4O2S. The Morgan fingerprint density at radius 1 is 1.33 bits per heavy atom. The quantitative estimate of drug-likeness (QED) is 0.688. The van der Waals surface area contributed by atoms with E-state index in [0.29, 0.717) is 5.92 Å². The van der Waals surface area contributed by atoms with E-state index >= 15 is 0 Å². The number of piperidine rings is 1. The molecule has 0 amide bonds. The van der Waals surface area contributed by atoms with Crippen LogP contribution in [0.4, 0.5) is 11.5 Å². The van der Waals surface area contributed by atoms with Gasteiger partial charge in [-0.05, 0) is 55.5 Å². The van der Waals surface area contributed by atoms with Gasteiger partial charge < -0.3 is 10.4 Å². The summed E-state index contributed by atoms with van der Waals surface area (Å²) in [7, 11) is 0. The molecule has 2 N–H and O–H groups in total. The standard InChI is InChI=1S/C20H24N4O2S/c1-13(10-18(25)26)15-4-8-24(9-5-15)12-14-2-3-17-16(11-14)23-19-20(27-17)22-7-6-21-19/h2-3,6-7,11,13,15H,4-5,8-10,12H2,1H3,(H,21,23)(H,25,26). The van der Waals surface area contributed by atoms with Gasteiger partial charge in [0.1, 0.15) is 5.03 Å². The van der Waals surface area contributed by atoms with Crippen LogP contribution < -0.4 is 5.32 Å². The van der Waals surface area contributed by atoms with Gasteiger partial charge in [-0.3, -0.25) is 9.69 Å². The van der Waals surface area contributed by atoms with Gasteiger partial charge in [-0.25, -0.2) is 9.97 Å². The smallest absolute Gasteiger partial charge is 0.303 e. The second-order valence-electron chi connectivity index (χ2n) is 7.46. The SMILES string of the molecule is CC(CC(=O)O)C1CCN(Cc2ccc3c(c2)Nc2nccnc2S3)CC1. The number of carboxylic acids is 1. The van der Waals surface area contributed by atoms with E-state index in [1.807, 2.05) is 0 Å². The Bertz CT molecular complexity index is 836. The van der Waals surface area contributed by atoms with E-state index in [1.54, 1.807) is 24.2 Å². The van der Waals surface area contributed by atoms with Crippen LogP contribution in [0.2, 0.25) is 0 Å². The number of fused-ring (bicyclic) bond motifs is 2. The largest absolute Gasteiger partial charge is 0.481 e. The van der Waals surface area contributed by atoms with Crippen LogP contribution in [-0.4, -0.2) is 39.0 Å². The van der Waals surface area contributed by atoms with Crippen LogP contribution in [0.1, 0.15) is 31.7 Å². The van der Waals surface area contributed by atoms with E-state index in [2.05, 4.69) is 45.3 Å². The Hall–Kier alpha value is -2.12. The van der Waals surface area contributed by atoms with Gasteiger partial charge in [0.25, 0.3) is 0 Å². The summed E-state index contributed by atoms with van der Waals surface area (Å²) in [5, 5.41) is 13.3. The van der Waals surface area contributed by atoms with Gasteiger partial charge >= 0.3 is 5.97 Å². The fourth-order valence-electron chi connectivity index (χ4n) is 3.96. The number of anilines is 2. The minimum Gasteiger partial charge on any atom is -0.481 e. The molecule has 27 heavy (non-hydrogen) atoms. The van der Waals surface area contributed by atoms with Gasteiger partial charge in [0, 0.05) is 30.3 Å². The molecule has 2 aliphatic heterocycles. The van der Waals surface area contributed by atoms with E-state index in [9.17, 15) is 4.79 Å². The van der Waals surface area contributed by atoms with Crippen molar-refractivity contribution in [3.63, 3.8) is 0 Å². The van der Waals surface area contributed by atoms with Crippen molar-refractivity contribution in [1.82, 2.24) is 14.9 Å². The topological polar surface area (TPSA) is 78.4 Å². The molecule has 7 heteroatoms. The fourth-order valence-corrected chi connectivity index (χ4v) is 4.84. The first kappa shape index (κ1) is 18.3. The van der Waals surface area contributed by atoms with Gasteiger partial charge in [-0.1, -0.05) is 24.8 Å². The van der Waals surface area contributed by atoms with Crippen LogP contribution in [0.15, 0.2) is 40.5 Å². The maximum Gasteiger partial charge on any atom is 0.303 e. The lowest BCUT2D eigenvalue weighted by molar-refractivity contribution is -0.138. The lowest BCUT2D eigenvalue weighted by atomic mass is 9.83. The number of likely N-dealkylation sites (tertiary alicyclic amines) is 1. The predicted molar refractivity (Wildman–Crippen MR) is 105 cm³/mol. The van der Waals surface area contributed by atoms with Crippen molar-refractivity contribution >= 4 is 29.2 Å². The van der Waals surface area contributed by atoms with Gasteiger partial charge in [0.15, 0.2) is 5.82 Å². The number of aliphatic carboxylic acids is 1. The number of carboxylic acid groups (broad SMARTS) is 1. The van der Waals surface area contributed by atoms with Crippen molar-refractivity contribution < 1.29 is 9.90 Å². The number of nitrogens with zero attached hydrogens (tertiary/aromatic N) is 3. The van der Waals surface area contributed by atoms with Crippen LogP contribution in [0.5, 0.6) is 0 Å². The normalized spacial score (nSPS) is 18.3. The summed E-state index contributed by atoms with van der Waals surface area (Å²) < 4.78 is 0. The zero-order chi connectivity index (χ0) is 18.8. The van der Waals surface area contributed by atoms with Crippen LogP contribution in [0.3, 0.4) is 0 Å². The molecular weight excluding hydrogens is 360 g/mol. The predicted octanol–water partition coefficient (Wildman–Crippen LogP) is 4.01. The monoisotopic (exact) mass is 384 g/mol. The van der Waals surface area contributed by atoms with Gasteiger partial charge in [0.05, 0.1) is 5.69 Å². The number of carbonyl (C=O) groups is 1. The third kappa shape index (κ3) is 4.25. The average molecular weight is 385 g/mol. The van der Waals surface area contributed by atoms with Crippen molar-refractivity contribution in [3.05, 3.63) is 36.2 Å². The highest BCUT2D eigenvalue weighted by atomic mass is 32.2. The molecule has 2 aromatic rings. The number of benzene rings is 1. The first-order valence-corrected chi connectivity index (χ1v) is 10.2. The second kappa shape index (κ2) is 7.86. The molecule has 1 aromatic carbocycles. The highest BCUT2D eigenvalue weighted by Gasteiger charge is 2.25. The Kier molecular flexibility index (Phi) is 5.31. The molecule has 0 radical (unpaired) electrons. The van der Waals surface area contributed by atoms with E-state index < -0.39 is 5.97 Å². The van der Waals surface area contributed by atoms with Gasteiger partial charge in [0.2, 0.25) is 0 Å². The fraction of sp³-hybridized carbons (Fsp3) is 0.450. The van der Waals surface area contributed by atoms with Crippen molar-refractivity contribution in [1.29, 1.82) is 0 Å². The molecule has 142 valence electrons. The Morgan fingerprint density at radius 3 is 2.89 bits per heavy atom. The molecule has 1 saturated heterocycles. The second-order valence-corrected chi connectivity index (χ2v) is 8.49. The molecule has 0 bridgehead atoms. The molecule has 1 atom stereocenters. The average Bonchev–Trinajstić information content (AvgIpc) is 2.66. The minimum atomic E-state index is -0.685. The highest BCUT2D eigenvalue weighted by molar-refractivity contribution is 7.99. The maximum absolute atomic E-state index is 10.9. The molecule has 1 fully saturated rings. The molecule has 1 aromatic heterocycles. The van der Waals surface area contributed by atoms with E-state index in [4.69, 9.17) is 5.11 Å². The highest BCUT2D eigenvalue weighted by Crippen LogP contribution is 2.42. The summed E-state index contributed by atoms with van der Waals surface area (Å²) in [5.41, 5.74) is 2.38. The van der Waals surface area contributed by atoms with Crippen molar-refractivity contribution in [2.75, 3.05) is 18.4 Å². The third-order valence-corrected chi connectivity index (χ3v) is 6.58. The first-order valence-electron chi connectivity index (χ1n) is 9.41. The summed E-state index contributed by atoms with van der Waals surface area (Å²) in [4.78, 5) is 23.3. The molecule has 6 nitrogen and oxygen atoms in total. The Labute approximate surface area is 163 Å². The van der Waals surface area contributed by atoms with Gasteiger partial charge in [-0.2, -0.15) is 0 Å². The Morgan fingerprint density at radius 2 is 2.11 bits per heavy atom. The Balaban J connectivity index is 1.36. The molecule has 3 heterocycles. The first-order chi connectivity index (χ1) is 13.1. The van der Waals surface area contributed by atoms with Crippen molar-refractivity contribution in [3.8, 4) is 0 Å². The molecule has 1 unspecified atom stereocenters. The molecule has 4 rings (SSSR count). The summed E-state index contributed by atoms with van der Waals surface area (Å²) in [5.74, 6) is 0.917. The van der Waals surface area contributed by atoms with Crippen LogP contribution in [0.25, 0.3) is 0 Å². The lowest BCUT2D eigenvalue weighted by Gasteiger charge is -2.34. The van der Waals surface area contributed by atoms with Crippen LogP contribution in [0, 0.1) is 11.8 Å². The molecule has 0 saturated carbocycles. The molecule has 0 aliphatic carbocycles. The minimum absolute atomic E-state index is 0.260. The summed E-state index contributed by atoms with van der Waals surface area (Å²) in [6.07, 6.45) is 5.86. The number of rotatable bonds is 5. The summed E-state index contributed by atoms with van der Waals surface area (Å²) in [6, 6.07) is 6.55. The summed E-state index contributed by atoms with van der Waals surface area (Å²) in [6.45, 7) is 5.05. The number of hydrogen-bond acceptors (Lipinski definition) is 6. The number of nitrogens with one attached hydrogen (secondary N) is 1. The zero-order valence-electron chi connectivity index (χ0n) is 15.4. The lowest BCUT2D eigenvalue weighted by Crippen LogP contribution is -2.35. The van der Waals surface area contributed by atoms with E-state index in [-0.39, 0.29) is 12.3 Å². The van der Waals surface area contributed by atoms with E-state index in [1.165, 1.54) is 10.5 Å². The number of hydrogen-bond donors (Lipinski definition) is 2. The van der Waals surface area contributed by atoms with Crippen LogP contribution >= 0.6 is 11.8 Å². The van der Waals surface area contributed by atoms with Crippen LogP contribution in [-0.2, 0) is 11.3 Å². The third-order valence-electron chi connectivity index (χ3n) is 5.51.